The zero-order chi connectivity index (χ0) is 13.0. The number of rotatable bonds is 6. The maximum Gasteiger partial charge on any atom is 0.339 e. The molecule has 2 N–H and O–H groups in total. The highest BCUT2D eigenvalue weighted by Crippen LogP contribution is 2.19. The molecule has 0 atom stereocenters. The molecule has 0 unspecified atom stereocenters. The maximum atomic E-state index is 11.4. The first kappa shape index (κ1) is 12.3. The van der Waals surface area contributed by atoms with Gasteiger partial charge < -0.3 is 15.2 Å². The monoisotopic (exact) mass is 250 g/mol. The average Bonchev–Trinajstić information content (AvgIpc) is 3.13. The Balaban J connectivity index is 1.82. The molecule has 6 nitrogen and oxygen atoms in total. The Labute approximate surface area is 104 Å². The average molecular weight is 250 g/mol. The molecule has 0 saturated heterocycles. The van der Waals surface area contributed by atoms with Gasteiger partial charge in [0.2, 0.25) is 5.91 Å². The number of hydrogen-bond donors (Lipinski definition) is 2. The molecule has 1 heterocycles. The first-order chi connectivity index (χ1) is 8.66. The molecular formula is C12H14N2O4. The quantitative estimate of drug-likeness (QED) is 0.780. The first-order valence-corrected chi connectivity index (χ1v) is 5.76. The minimum atomic E-state index is -1.07. The first-order valence-electron chi connectivity index (χ1n) is 5.76. The van der Waals surface area contributed by atoms with Gasteiger partial charge in [0.25, 0.3) is 0 Å². The topological polar surface area (TPSA) is 88.5 Å². The molecule has 1 aromatic rings. The van der Waals surface area contributed by atoms with Gasteiger partial charge in [-0.2, -0.15) is 0 Å². The van der Waals surface area contributed by atoms with Crippen LogP contribution in [0.5, 0.6) is 5.75 Å². The molecule has 0 radical (unpaired) electrons. The van der Waals surface area contributed by atoms with Crippen molar-refractivity contribution in [2.75, 3.05) is 6.61 Å². The van der Waals surface area contributed by atoms with E-state index in [1.54, 1.807) is 0 Å². The zero-order valence-corrected chi connectivity index (χ0v) is 9.76. The van der Waals surface area contributed by atoms with Crippen LogP contribution in [0.4, 0.5) is 0 Å². The Morgan fingerprint density at radius 2 is 2.28 bits per heavy atom. The molecule has 96 valence electrons. The zero-order valence-electron chi connectivity index (χ0n) is 9.76. The number of nitrogens with one attached hydrogen (secondary N) is 1. The summed E-state index contributed by atoms with van der Waals surface area (Å²) >= 11 is 0. The van der Waals surface area contributed by atoms with Crippen LogP contribution >= 0.6 is 0 Å². The summed E-state index contributed by atoms with van der Waals surface area (Å²) < 4.78 is 5.27. The van der Waals surface area contributed by atoms with Crippen molar-refractivity contribution in [2.45, 2.75) is 25.3 Å². The van der Waals surface area contributed by atoms with Crippen LogP contribution in [-0.4, -0.2) is 34.6 Å². The molecule has 1 aromatic heterocycles. The Kier molecular flexibility index (Phi) is 3.76. The minimum absolute atomic E-state index is 0.0487. The van der Waals surface area contributed by atoms with E-state index in [0.29, 0.717) is 6.04 Å². The number of carboxylic acid groups (broad SMARTS) is 1. The largest absolute Gasteiger partial charge is 0.491 e. The fourth-order valence-electron chi connectivity index (χ4n) is 1.45. The Morgan fingerprint density at radius 1 is 1.50 bits per heavy atom. The second kappa shape index (κ2) is 5.48. The number of ether oxygens (including phenoxy) is 1. The Bertz CT molecular complexity index is 457. The van der Waals surface area contributed by atoms with E-state index in [2.05, 4.69) is 10.3 Å². The summed E-state index contributed by atoms with van der Waals surface area (Å²) in [5.41, 5.74) is 0.0487. The van der Waals surface area contributed by atoms with Gasteiger partial charge in [-0.05, 0) is 18.9 Å². The van der Waals surface area contributed by atoms with Crippen LogP contribution in [0, 0.1) is 0 Å². The van der Waals surface area contributed by atoms with Gasteiger partial charge in [0.1, 0.15) is 5.56 Å². The van der Waals surface area contributed by atoms with Gasteiger partial charge in [-0.15, -0.1) is 0 Å². The normalized spacial score (nSPS) is 14.0. The number of pyridine rings is 1. The molecule has 0 aliphatic heterocycles. The molecule has 18 heavy (non-hydrogen) atoms. The van der Waals surface area contributed by atoms with Crippen molar-refractivity contribution in [3.8, 4) is 5.75 Å². The lowest BCUT2D eigenvalue weighted by atomic mass is 10.2. The number of carbonyl (C=O) groups is 2. The van der Waals surface area contributed by atoms with Crippen molar-refractivity contribution < 1.29 is 19.4 Å². The summed E-state index contributed by atoms with van der Waals surface area (Å²) in [5, 5.41) is 11.7. The SMILES string of the molecule is O=C(CCOc1cnccc1C(=O)O)NC1CC1. The van der Waals surface area contributed by atoms with Crippen LogP contribution in [0.15, 0.2) is 18.5 Å². The summed E-state index contributed by atoms with van der Waals surface area (Å²) in [6.07, 6.45) is 5.01. The third-order valence-corrected chi connectivity index (χ3v) is 2.54. The number of carbonyl (C=O) groups excluding carboxylic acids is 1. The summed E-state index contributed by atoms with van der Waals surface area (Å²) in [5.74, 6) is -0.961. The molecule has 1 saturated carbocycles. The van der Waals surface area contributed by atoms with Gasteiger partial charge in [0.15, 0.2) is 5.75 Å². The number of carboxylic acids is 1. The van der Waals surface area contributed by atoms with E-state index in [1.165, 1.54) is 18.5 Å². The highest BCUT2D eigenvalue weighted by atomic mass is 16.5. The minimum Gasteiger partial charge on any atom is -0.491 e. The van der Waals surface area contributed by atoms with Crippen LogP contribution in [-0.2, 0) is 4.79 Å². The van der Waals surface area contributed by atoms with Crippen molar-refractivity contribution in [3.63, 3.8) is 0 Å². The Morgan fingerprint density at radius 3 is 2.94 bits per heavy atom. The number of amides is 1. The van der Waals surface area contributed by atoms with Crippen molar-refractivity contribution in [3.05, 3.63) is 24.0 Å². The lowest BCUT2D eigenvalue weighted by Gasteiger charge is -2.08. The third-order valence-electron chi connectivity index (χ3n) is 2.54. The lowest BCUT2D eigenvalue weighted by Crippen LogP contribution is -2.26. The van der Waals surface area contributed by atoms with Crippen molar-refractivity contribution in [2.24, 2.45) is 0 Å². The van der Waals surface area contributed by atoms with Crippen LogP contribution in [0.3, 0.4) is 0 Å². The molecule has 1 aliphatic rings. The number of hydrogen-bond acceptors (Lipinski definition) is 4. The van der Waals surface area contributed by atoms with E-state index in [4.69, 9.17) is 9.84 Å². The van der Waals surface area contributed by atoms with Crippen LogP contribution < -0.4 is 10.1 Å². The molecule has 0 spiro atoms. The second-order valence-corrected chi connectivity index (χ2v) is 4.12. The Hall–Kier alpha value is -2.11. The standard InChI is InChI=1S/C12H14N2O4/c15-11(14-8-1-2-8)4-6-18-10-7-13-5-3-9(10)12(16)17/h3,5,7-8H,1-2,4,6H2,(H,14,15)(H,16,17). The number of nitrogens with zero attached hydrogens (tertiary/aromatic N) is 1. The van der Waals surface area contributed by atoms with Gasteiger partial charge in [-0.3, -0.25) is 9.78 Å². The predicted molar refractivity (Wildman–Crippen MR) is 62.5 cm³/mol. The van der Waals surface area contributed by atoms with E-state index in [1.807, 2.05) is 0 Å². The van der Waals surface area contributed by atoms with E-state index in [-0.39, 0.29) is 30.2 Å². The van der Waals surface area contributed by atoms with Crippen LogP contribution in [0.1, 0.15) is 29.6 Å². The fraction of sp³-hybridized carbons (Fsp3) is 0.417. The second-order valence-electron chi connectivity index (χ2n) is 4.12. The molecule has 2 rings (SSSR count). The highest BCUT2D eigenvalue weighted by Gasteiger charge is 2.23. The van der Waals surface area contributed by atoms with E-state index in [0.717, 1.165) is 12.8 Å². The van der Waals surface area contributed by atoms with Gasteiger partial charge in [0, 0.05) is 12.2 Å². The molecule has 0 aromatic carbocycles. The van der Waals surface area contributed by atoms with Gasteiger partial charge in [0.05, 0.1) is 19.2 Å². The van der Waals surface area contributed by atoms with Crippen molar-refractivity contribution in [1.82, 2.24) is 10.3 Å². The van der Waals surface area contributed by atoms with Crippen molar-refractivity contribution in [1.29, 1.82) is 0 Å². The fourth-order valence-corrected chi connectivity index (χ4v) is 1.45. The van der Waals surface area contributed by atoms with E-state index >= 15 is 0 Å². The number of aromatic carboxylic acids is 1. The molecule has 1 fully saturated rings. The predicted octanol–water partition coefficient (Wildman–Crippen LogP) is 0.827. The smallest absolute Gasteiger partial charge is 0.339 e. The van der Waals surface area contributed by atoms with E-state index < -0.39 is 5.97 Å². The summed E-state index contributed by atoms with van der Waals surface area (Å²) in [4.78, 5) is 26.1. The summed E-state index contributed by atoms with van der Waals surface area (Å²) in [6, 6.07) is 1.69. The van der Waals surface area contributed by atoms with E-state index in [9.17, 15) is 9.59 Å². The van der Waals surface area contributed by atoms with Gasteiger partial charge in [-0.25, -0.2) is 4.79 Å². The third kappa shape index (κ3) is 3.44. The maximum absolute atomic E-state index is 11.4. The molecule has 0 bridgehead atoms. The number of aromatic nitrogens is 1. The lowest BCUT2D eigenvalue weighted by molar-refractivity contribution is -0.121. The van der Waals surface area contributed by atoms with Crippen molar-refractivity contribution >= 4 is 11.9 Å². The summed E-state index contributed by atoms with van der Waals surface area (Å²) in [7, 11) is 0. The van der Waals surface area contributed by atoms with Crippen LogP contribution in [0.25, 0.3) is 0 Å². The molecule has 1 amide bonds. The summed E-state index contributed by atoms with van der Waals surface area (Å²) in [6.45, 7) is 0.143. The van der Waals surface area contributed by atoms with Gasteiger partial charge in [-0.1, -0.05) is 0 Å². The molecule has 6 heteroatoms. The highest BCUT2D eigenvalue weighted by molar-refractivity contribution is 5.90. The molecular weight excluding hydrogens is 236 g/mol. The molecule has 1 aliphatic carbocycles. The van der Waals surface area contributed by atoms with Gasteiger partial charge >= 0.3 is 5.97 Å². The van der Waals surface area contributed by atoms with Crippen LogP contribution in [0.2, 0.25) is 0 Å².